The Labute approximate surface area is 222 Å². The molecule has 2 atom stereocenters. The van der Waals surface area contributed by atoms with Gasteiger partial charge in [0, 0.05) is 29.1 Å². The van der Waals surface area contributed by atoms with Crippen molar-refractivity contribution in [2.24, 2.45) is 0 Å². The van der Waals surface area contributed by atoms with Gasteiger partial charge in [0.05, 0.1) is 0 Å². The predicted octanol–water partition coefficient (Wildman–Crippen LogP) is -2.06. The van der Waals surface area contributed by atoms with E-state index in [9.17, 15) is 19.2 Å². The van der Waals surface area contributed by atoms with Crippen molar-refractivity contribution in [1.82, 2.24) is 14.5 Å². The standard InChI is InChI=1S/C22H23B5ClF2N3O4/c23-15-8-16(34)32(26)19(36)17(15)31-9-10-7-12(3-6-14(10)18(31)35)22(24,25)33(27)20(37)21(29,30)11-1-4-13(28)5-2-11/h1-7,15,17H,8-9,23-27H2. The number of halogens is 3. The van der Waals surface area contributed by atoms with Crippen LogP contribution in [-0.2, 0) is 32.2 Å². The van der Waals surface area contributed by atoms with Crippen LogP contribution < -0.4 is 0 Å². The van der Waals surface area contributed by atoms with Gasteiger partial charge in [0.15, 0.2) is 0 Å². The van der Waals surface area contributed by atoms with Gasteiger partial charge in [-0.1, -0.05) is 35.9 Å². The van der Waals surface area contributed by atoms with E-state index in [1.165, 1.54) is 33.0 Å². The van der Waals surface area contributed by atoms with Crippen LogP contribution in [0, 0.1) is 0 Å². The first-order chi connectivity index (χ1) is 17.2. The molecule has 2 heterocycles. The van der Waals surface area contributed by atoms with Gasteiger partial charge in [0.25, 0.3) is 11.8 Å². The van der Waals surface area contributed by atoms with Gasteiger partial charge in [-0.05, 0) is 40.5 Å². The van der Waals surface area contributed by atoms with Gasteiger partial charge in [-0.2, -0.15) is 8.78 Å². The Morgan fingerprint density at radius 1 is 1.05 bits per heavy atom. The lowest BCUT2D eigenvalue weighted by Gasteiger charge is -2.39. The topological polar surface area (TPSA) is 78.0 Å². The average molecular weight is 521 g/mol. The van der Waals surface area contributed by atoms with Crippen molar-refractivity contribution in [3.63, 3.8) is 0 Å². The molecule has 186 valence electrons. The minimum Gasteiger partial charge on any atom is -0.393 e. The largest absolute Gasteiger partial charge is 0.393 e. The Morgan fingerprint density at radius 2 is 1.65 bits per heavy atom. The number of amides is 4. The van der Waals surface area contributed by atoms with E-state index in [-0.39, 0.29) is 35.6 Å². The highest BCUT2D eigenvalue weighted by Crippen LogP contribution is 2.37. The third kappa shape index (κ3) is 4.49. The zero-order valence-corrected chi connectivity index (χ0v) is 22.0. The second kappa shape index (κ2) is 9.38. The lowest BCUT2D eigenvalue weighted by atomic mass is 9.55. The molecule has 0 spiro atoms. The second-order valence-electron chi connectivity index (χ2n) is 10.2. The van der Waals surface area contributed by atoms with E-state index in [1.54, 1.807) is 41.7 Å². The maximum Gasteiger partial charge on any atom is 0.348 e. The highest BCUT2D eigenvalue weighted by atomic mass is 35.5. The van der Waals surface area contributed by atoms with E-state index >= 15 is 8.78 Å². The minimum absolute atomic E-state index is 0.138. The number of carbonyl (C=O) groups excluding carboxylic acids is 4. The number of imide groups is 1. The minimum atomic E-state index is -3.78. The molecule has 37 heavy (non-hydrogen) atoms. The molecule has 2 aliphatic rings. The molecule has 0 N–H and O–H groups in total. The van der Waals surface area contributed by atoms with E-state index in [1.807, 2.05) is 0 Å². The van der Waals surface area contributed by atoms with E-state index in [2.05, 4.69) is 0 Å². The predicted molar refractivity (Wildman–Crippen MR) is 147 cm³/mol. The molecule has 7 nitrogen and oxygen atoms in total. The maximum absolute atomic E-state index is 15.1. The van der Waals surface area contributed by atoms with Gasteiger partial charge >= 0.3 is 5.92 Å². The molecule has 4 rings (SSSR count). The lowest BCUT2D eigenvalue weighted by Crippen LogP contribution is -2.56. The molecule has 0 bridgehead atoms. The number of alkyl halides is 2. The summed E-state index contributed by atoms with van der Waals surface area (Å²) in [5.41, 5.74) is 1.12. The number of hydrogen-bond acceptors (Lipinski definition) is 4. The smallest absolute Gasteiger partial charge is 0.348 e. The van der Waals surface area contributed by atoms with Crippen LogP contribution in [0.5, 0.6) is 0 Å². The quantitative estimate of drug-likeness (QED) is 0.336. The van der Waals surface area contributed by atoms with Crippen molar-refractivity contribution in [2.45, 2.75) is 36.1 Å². The van der Waals surface area contributed by atoms with Crippen LogP contribution in [0.1, 0.15) is 33.5 Å². The Bertz CT molecular complexity index is 1310. The molecule has 2 aliphatic heterocycles. The summed E-state index contributed by atoms with van der Waals surface area (Å²) in [5.74, 6) is -6.55. The molecule has 2 aromatic rings. The molecule has 15 heteroatoms. The fourth-order valence-electron chi connectivity index (χ4n) is 4.92. The molecule has 4 amide bonds. The highest BCUT2D eigenvalue weighted by molar-refractivity contribution is 6.43. The van der Waals surface area contributed by atoms with Gasteiger partial charge in [0.2, 0.25) is 27.8 Å². The monoisotopic (exact) mass is 521 g/mol. The number of benzene rings is 2. The number of hydrogen-bond donors (Lipinski definition) is 0. The summed E-state index contributed by atoms with van der Waals surface area (Å²) in [6, 6.07) is 9.01. The molecule has 0 radical (unpaired) electrons. The van der Waals surface area contributed by atoms with Gasteiger partial charge in [-0.15, -0.1) is 0 Å². The first-order valence-corrected chi connectivity index (χ1v) is 12.2. The SMILES string of the molecule is BC1CC(=O)N(B)C(=O)C1N1Cc2cc(C(B)(B)N(B)C(=O)C(F)(F)c3ccc(Cl)cc3)ccc2C1=O. The molecular weight excluding hydrogens is 498 g/mol. The number of carbonyl (C=O) groups is 4. The average Bonchev–Trinajstić information content (AvgIpc) is 3.17. The van der Waals surface area contributed by atoms with Crippen LogP contribution in [0.3, 0.4) is 0 Å². The summed E-state index contributed by atoms with van der Waals surface area (Å²) >= 11 is 5.80. The Morgan fingerprint density at radius 3 is 2.27 bits per heavy atom. The summed E-state index contributed by atoms with van der Waals surface area (Å²) in [6.45, 7) is 0.138. The summed E-state index contributed by atoms with van der Waals surface area (Å²) in [5, 5.41) is -0.871. The number of rotatable bonds is 5. The fraction of sp³-hybridized carbons (Fsp3) is 0.273. The first kappa shape index (κ1) is 27.0. The molecular formula is C22H23B5ClF2N3O4. The van der Waals surface area contributed by atoms with Crippen LogP contribution in [0.15, 0.2) is 42.5 Å². The fourth-order valence-corrected chi connectivity index (χ4v) is 5.04. The zero-order valence-electron chi connectivity index (χ0n) is 21.2. The number of piperidine rings is 1. The van der Waals surface area contributed by atoms with Crippen LogP contribution in [0.25, 0.3) is 0 Å². The summed E-state index contributed by atoms with van der Waals surface area (Å²) in [4.78, 5) is 54.5. The summed E-state index contributed by atoms with van der Waals surface area (Å²) in [6.07, 6.45) is 0.153. The molecule has 0 aromatic heterocycles. The van der Waals surface area contributed by atoms with Crippen molar-refractivity contribution < 1.29 is 28.0 Å². The normalized spacial score (nSPS) is 20.2. The first-order valence-electron chi connectivity index (χ1n) is 11.8. The lowest BCUT2D eigenvalue weighted by molar-refractivity contribution is -0.155. The molecule has 2 unspecified atom stereocenters. The van der Waals surface area contributed by atoms with Crippen LogP contribution in [0.2, 0.25) is 10.8 Å². The van der Waals surface area contributed by atoms with Crippen molar-refractivity contribution >= 4 is 74.7 Å². The maximum atomic E-state index is 15.1. The Kier molecular flexibility index (Phi) is 6.86. The van der Waals surface area contributed by atoms with Crippen molar-refractivity contribution in [2.75, 3.05) is 0 Å². The van der Waals surface area contributed by atoms with Gasteiger partial charge in [0.1, 0.15) is 29.6 Å². The molecule has 0 saturated carbocycles. The van der Waals surface area contributed by atoms with Crippen molar-refractivity contribution in [1.29, 1.82) is 0 Å². The van der Waals surface area contributed by atoms with E-state index < -0.39 is 34.7 Å². The van der Waals surface area contributed by atoms with E-state index in [0.29, 0.717) is 16.7 Å². The van der Waals surface area contributed by atoms with Gasteiger partial charge in [-0.3, -0.25) is 19.2 Å². The van der Waals surface area contributed by atoms with Crippen LogP contribution in [-0.4, -0.2) is 83.7 Å². The summed E-state index contributed by atoms with van der Waals surface area (Å²) < 4.78 is 30.2. The number of fused-ring (bicyclic) bond motifs is 1. The molecule has 0 aliphatic carbocycles. The Balaban J connectivity index is 1.60. The van der Waals surface area contributed by atoms with E-state index in [4.69, 9.17) is 11.6 Å². The highest BCUT2D eigenvalue weighted by Gasteiger charge is 2.47. The van der Waals surface area contributed by atoms with Gasteiger partial charge in [-0.25, -0.2) is 0 Å². The third-order valence-electron chi connectivity index (χ3n) is 7.59. The van der Waals surface area contributed by atoms with Gasteiger partial charge < -0.3 is 14.5 Å². The summed E-state index contributed by atoms with van der Waals surface area (Å²) in [7, 11) is 7.77. The van der Waals surface area contributed by atoms with Crippen LogP contribution >= 0.6 is 11.6 Å². The second-order valence-corrected chi connectivity index (χ2v) is 10.7. The Hall–Kier alpha value is -3.01. The van der Waals surface area contributed by atoms with E-state index in [0.717, 1.165) is 21.8 Å². The van der Waals surface area contributed by atoms with Crippen LogP contribution in [0.4, 0.5) is 8.78 Å². The zero-order chi connectivity index (χ0) is 27.4. The molecule has 1 saturated heterocycles. The number of nitrogens with zero attached hydrogens (tertiary/aromatic N) is 3. The third-order valence-corrected chi connectivity index (χ3v) is 7.84. The van der Waals surface area contributed by atoms with Crippen molar-refractivity contribution in [3.05, 3.63) is 69.7 Å². The van der Waals surface area contributed by atoms with Crippen molar-refractivity contribution in [3.8, 4) is 0 Å². The molecule has 2 aromatic carbocycles. The molecule has 1 fully saturated rings.